The second-order valence-corrected chi connectivity index (χ2v) is 6.59. The minimum atomic E-state index is -3.23. The standard InChI is InChI=1S/C11H20N6O2S/c1-2-14-20(18,19)6-5-13-9-7-10(17-12)16-11(15-9)8-3-4-8/h7-8,14H,2-6,12H2,1H3,(H2,13,15,16,17). The molecule has 2 rings (SSSR count). The van der Waals surface area contributed by atoms with E-state index in [0.29, 0.717) is 24.1 Å². The van der Waals surface area contributed by atoms with Crippen molar-refractivity contribution < 1.29 is 8.42 Å². The number of nitrogens with two attached hydrogens (primary N) is 1. The lowest BCUT2D eigenvalue weighted by atomic mass is 10.4. The number of nitrogen functional groups attached to an aromatic ring is 1. The molecule has 112 valence electrons. The third-order valence-electron chi connectivity index (χ3n) is 2.87. The first-order valence-electron chi connectivity index (χ1n) is 6.61. The highest BCUT2D eigenvalue weighted by Crippen LogP contribution is 2.38. The Bertz CT molecular complexity index is 558. The van der Waals surface area contributed by atoms with E-state index in [9.17, 15) is 8.42 Å². The van der Waals surface area contributed by atoms with Crippen LogP contribution in [0.1, 0.15) is 31.5 Å². The third-order valence-corrected chi connectivity index (χ3v) is 4.35. The van der Waals surface area contributed by atoms with Gasteiger partial charge in [-0.1, -0.05) is 6.92 Å². The second kappa shape index (κ2) is 6.33. The lowest BCUT2D eigenvalue weighted by Crippen LogP contribution is -2.29. The largest absolute Gasteiger partial charge is 0.369 e. The Morgan fingerprint density at radius 2 is 2.05 bits per heavy atom. The van der Waals surface area contributed by atoms with Crippen LogP contribution in [0.4, 0.5) is 11.6 Å². The van der Waals surface area contributed by atoms with Crippen molar-refractivity contribution in [2.24, 2.45) is 5.84 Å². The maximum absolute atomic E-state index is 11.5. The summed E-state index contributed by atoms with van der Waals surface area (Å²) in [6.45, 7) is 2.42. The van der Waals surface area contributed by atoms with E-state index in [2.05, 4.69) is 25.4 Å². The normalized spacial score (nSPS) is 15.1. The molecule has 0 aliphatic heterocycles. The summed E-state index contributed by atoms with van der Waals surface area (Å²) < 4.78 is 25.5. The molecule has 0 unspecified atom stereocenters. The van der Waals surface area contributed by atoms with Gasteiger partial charge >= 0.3 is 0 Å². The van der Waals surface area contributed by atoms with Crippen LogP contribution in [0.3, 0.4) is 0 Å². The van der Waals surface area contributed by atoms with Gasteiger partial charge in [-0.2, -0.15) is 0 Å². The molecular formula is C11H20N6O2S. The Morgan fingerprint density at radius 1 is 1.35 bits per heavy atom. The molecule has 1 heterocycles. The smallest absolute Gasteiger partial charge is 0.213 e. The molecule has 1 aliphatic rings. The van der Waals surface area contributed by atoms with Crippen LogP contribution in [0.25, 0.3) is 0 Å². The molecule has 1 fully saturated rings. The second-order valence-electron chi connectivity index (χ2n) is 4.66. The predicted molar refractivity (Wildman–Crippen MR) is 77.8 cm³/mol. The van der Waals surface area contributed by atoms with Gasteiger partial charge in [-0.15, -0.1) is 0 Å². The quantitative estimate of drug-likeness (QED) is 0.393. The maximum Gasteiger partial charge on any atom is 0.213 e. The van der Waals surface area contributed by atoms with Gasteiger partial charge in [0.1, 0.15) is 17.5 Å². The van der Waals surface area contributed by atoms with Crippen molar-refractivity contribution in [1.82, 2.24) is 14.7 Å². The fourth-order valence-corrected chi connectivity index (χ4v) is 2.71. The molecule has 0 bridgehead atoms. The number of aromatic nitrogens is 2. The van der Waals surface area contributed by atoms with Gasteiger partial charge in [0, 0.05) is 25.1 Å². The Balaban J connectivity index is 1.97. The fourth-order valence-electron chi connectivity index (χ4n) is 1.76. The Morgan fingerprint density at radius 3 is 2.65 bits per heavy atom. The summed E-state index contributed by atoms with van der Waals surface area (Å²) in [5, 5.41) is 2.99. The molecule has 1 aromatic rings. The SMILES string of the molecule is CCNS(=O)(=O)CCNc1cc(NN)nc(C2CC2)n1. The van der Waals surface area contributed by atoms with E-state index in [1.54, 1.807) is 13.0 Å². The molecule has 0 atom stereocenters. The molecular weight excluding hydrogens is 280 g/mol. The van der Waals surface area contributed by atoms with Crippen molar-refractivity contribution in [1.29, 1.82) is 0 Å². The minimum Gasteiger partial charge on any atom is -0.369 e. The number of nitrogens with zero attached hydrogens (tertiary/aromatic N) is 2. The van der Waals surface area contributed by atoms with Gasteiger partial charge < -0.3 is 10.7 Å². The molecule has 1 saturated carbocycles. The molecule has 0 aromatic carbocycles. The van der Waals surface area contributed by atoms with E-state index < -0.39 is 10.0 Å². The summed E-state index contributed by atoms with van der Waals surface area (Å²) >= 11 is 0. The van der Waals surface area contributed by atoms with E-state index in [-0.39, 0.29) is 12.3 Å². The van der Waals surface area contributed by atoms with E-state index in [1.807, 2.05) is 0 Å². The zero-order chi connectivity index (χ0) is 14.6. The van der Waals surface area contributed by atoms with E-state index in [4.69, 9.17) is 5.84 Å². The van der Waals surface area contributed by atoms with Crippen molar-refractivity contribution in [2.45, 2.75) is 25.7 Å². The monoisotopic (exact) mass is 300 g/mol. The van der Waals surface area contributed by atoms with Crippen LogP contribution in [-0.4, -0.2) is 37.2 Å². The van der Waals surface area contributed by atoms with Gasteiger partial charge in [0.2, 0.25) is 10.0 Å². The highest BCUT2D eigenvalue weighted by atomic mass is 32.2. The fraction of sp³-hybridized carbons (Fsp3) is 0.636. The van der Waals surface area contributed by atoms with Crippen LogP contribution in [-0.2, 0) is 10.0 Å². The van der Waals surface area contributed by atoms with Crippen molar-refractivity contribution in [3.8, 4) is 0 Å². The summed E-state index contributed by atoms with van der Waals surface area (Å²) in [5.74, 6) is 7.62. The number of hydrogen-bond acceptors (Lipinski definition) is 7. The summed E-state index contributed by atoms with van der Waals surface area (Å²) in [6, 6.07) is 1.66. The first-order valence-corrected chi connectivity index (χ1v) is 8.26. The Kier molecular flexibility index (Phi) is 4.73. The molecule has 1 aromatic heterocycles. The van der Waals surface area contributed by atoms with Crippen molar-refractivity contribution in [3.63, 3.8) is 0 Å². The highest BCUT2D eigenvalue weighted by molar-refractivity contribution is 7.89. The molecule has 0 amide bonds. The summed E-state index contributed by atoms with van der Waals surface area (Å²) in [7, 11) is -3.23. The van der Waals surface area contributed by atoms with Crippen LogP contribution in [0.5, 0.6) is 0 Å². The van der Waals surface area contributed by atoms with E-state index in [0.717, 1.165) is 18.7 Å². The maximum atomic E-state index is 11.5. The summed E-state index contributed by atoms with van der Waals surface area (Å²) in [6.07, 6.45) is 2.17. The van der Waals surface area contributed by atoms with Crippen LogP contribution in [0.15, 0.2) is 6.07 Å². The molecule has 20 heavy (non-hydrogen) atoms. The molecule has 9 heteroatoms. The van der Waals surface area contributed by atoms with Crippen molar-refractivity contribution >= 4 is 21.7 Å². The van der Waals surface area contributed by atoms with E-state index in [1.165, 1.54) is 0 Å². The molecule has 1 aliphatic carbocycles. The van der Waals surface area contributed by atoms with Crippen molar-refractivity contribution in [2.75, 3.05) is 29.6 Å². The molecule has 0 saturated heterocycles. The minimum absolute atomic E-state index is 0.00497. The van der Waals surface area contributed by atoms with Gasteiger partial charge in [0.05, 0.1) is 5.75 Å². The highest BCUT2D eigenvalue weighted by Gasteiger charge is 2.27. The molecule has 0 spiro atoms. The number of hydrogen-bond donors (Lipinski definition) is 4. The molecule has 0 radical (unpaired) electrons. The van der Waals surface area contributed by atoms with Crippen LogP contribution >= 0.6 is 0 Å². The lowest BCUT2D eigenvalue weighted by molar-refractivity contribution is 0.584. The van der Waals surface area contributed by atoms with Crippen LogP contribution < -0.4 is 21.3 Å². The van der Waals surface area contributed by atoms with Gasteiger partial charge in [0.15, 0.2) is 0 Å². The Hall–Kier alpha value is -1.45. The van der Waals surface area contributed by atoms with Crippen LogP contribution in [0, 0.1) is 0 Å². The van der Waals surface area contributed by atoms with E-state index >= 15 is 0 Å². The van der Waals surface area contributed by atoms with Gasteiger partial charge in [-0.25, -0.2) is 29.0 Å². The van der Waals surface area contributed by atoms with Gasteiger partial charge in [-0.3, -0.25) is 0 Å². The van der Waals surface area contributed by atoms with Gasteiger partial charge in [0.25, 0.3) is 0 Å². The summed E-state index contributed by atoms with van der Waals surface area (Å²) in [5.41, 5.74) is 2.50. The topological polar surface area (TPSA) is 122 Å². The molecule has 5 N–H and O–H groups in total. The van der Waals surface area contributed by atoms with Crippen molar-refractivity contribution in [3.05, 3.63) is 11.9 Å². The zero-order valence-corrected chi connectivity index (χ0v) is 12.2. The van der Waals surface area contributed by atoms with Crippen LogP contribution in [0.2, 0.25) is 0 Å². The number of sulfonamides is 1. The number of hydrazine groups is 1. The average Bonchev–Trinajstić information content (AvgIpc) is 3.22. The first-order chi connectivity index (χ1) is 9.54. The van der Waals surface area contributed by atoms with Gasteiger partial charge in [-0.05, 0) is 12.8 Å². The first kappa shape index (κ1) is 14.9. The zero-order valence-electron chi connectivity index (χ0n) is 11.4. The average molecular weight is 300 g/mol. The third kappa shape index (κ3) is 4.29. The predicted octanol–water partition coefficient (Wildman–Crippen LogP) is -0.00920. The number of nitrogens with one attached hydrogen (secondary N) is 3. The molecule has 8 nitrogen and oxygen atoms in total. The number of rotatable bonds is 8. The summed E-state index contributed by atoms with van der Waals surface area (Å²) in [4.78, 5) is 8.66. The lowest BCUT2D eigenvalue weighted by Gasteiger charge is -2.10. The number of anilines is 2. The Labute approximate surface area is 118 Å².